The third-order valence-electron chi connectivity index (χ3n) is 9.47. The highest BCUT2D eigenvalue weighted by atomic mass is 19.1. The molecule has 2 heterocycles. The van der Waals surface area contributed by atoms with Crippen molar-refractivity contribution in [2.24, 2.45) is 10.7 Å². The van der Waals surface area contributed by atoms with Crippen LogP contribution in [-0.2, 0) is 30.3 Å². The van der Waals surface area contributed by atoms with Crippen molar-refractivity contribution in [1.29, 1.82) is 0 Å². The van der Waals surface area contributed by atoms with Gasteiger partial charge in [-0.3, -0.25) is 4.79 Å². The molecule has 0 spiro atoms. The number of guanidine groups is 1. The molecular formula is C38H56FN5O10. The van der Waals surface area contributed by atoms with E-state index in [9.17, 15) is 34.4 Å². The van der Waals surface area contributed by atoms with Crippen molar-refractivity contribution in [3.8, 4) is 0 Å². The van der Waals surface area contributed by atoms with Gasteiger partial charge in [-0.1, -0.05) is 82.2 Å². The molecule has 2 aliphatic heterocycles. The lowest BCUT2D eigenvalue weighted by Gasteiger charge is -2.47. The fourth-order valence-electron chi connectivity index (χ4n) is 6.48. The second kappa shape index (κ2) is 22.5. The summed E-state index contributed by atoms with van der Waals surface area (Å²) in [6, 6.07) is 10.9. The Morgan fingerprint density at radius 2 is 1.56 bits per heavy atom. The molecule has 2 saturated heterocycles. The first-order valence-electron chi connectivity index (χ1n) is 18.8. The predicted molar refractivity (Wildman–Crippen MR) is 198 cm³/mol. The summed E-state index contributed by atoms with van der Waals surface area (Å²) in [5.41, 5.74) is 7.40. The minimum absolute atomic E-state index is 0.0914. The molecule has 54 heavy (non-hydrogen) atoms. The molecule has 300 valence electrons. The number of rotatable bonds is 19. The molecule has 0 radical (unpaired) electrons. The summed E-state index contributed by atoms with van der Waals surface area (Å²) in [4.78, 5) is 30.9. The van der Waals surface area contributed by atoms with Gasteiger partial charge in [-0.2, -0.15) is 0 Å². The van der Waals surface area contributed by atoms with E-state index in [4.69, 9.17) is 24.7 Å². The number of halogens is 1. The summed E-state index contributed by atoms with van der Waals surface area (Å²) in [6.07, 6.45) is -0.708. The number of aliphatic hydroxyl groups excluding tert-OH is 4. The number of unbranched alkanes of at least 4 members (excludes halogenated alkanes) is 7. The SMILES string of the molecule is CCCCCCCCCCC(=O)N[C@@H]1[C@H](O[C@@H]2O[C@H](CO)[C@@H](O)[C@H](O)[C@H]2NC(=O)OCc2ccccc2)[C@@H](N=C(N)Nc2ccc(F)cc2)CO[C@@H]1CO. The van der Waals surface area contributed by atoms with Crippen LogP contribution in [0.3, 0.4) is 0 Å². The highest BCUT2D eigenvalue weighted by molar-refractivity contribution is 5.92. The number of nitrogens with one attached hydrogen (secondary N) is 3. The zero-order chi connectivity index (χ0) is 38.9. The van der Waals surface area contributed by atoms with Crippen molar-refractivity contribution in [3.05, 3.63) is 66.0 Å². The Labute approximate surface area is 315 Å². The number of nitrogens with zero attached hydrogens (tertiary/aromatic N) is 1. The van der Waals surface area contributed by atoms with Crippen molar-refractivity contribution in [2.45, 2.75) is 126 Å². The van der Waals surface area contributed by atoms with Crippen molar-refractivity contribution < 1.29 is 53.4 Å². The number of aliphatic imine (C=N–C) groups is 1. The van der Waals surface area contributed by atoms with E-state index in [1.165, 1.54) is 43.5 Å². The van der Waals surface area contributed by atoms with Gasteiger partial charge in [0.2, 0.25) is 5.91 Å². The van der Waals surface area contributed by atoms with Crippen molar-refractivity contribution in [3.63, 3.8) is 0 Å². The van der Waals surface area contributed by atoms with E-state index in [1.54, 1.807) is 24.3 Å². The van der Waals surface area contributed by atoms with Gasteiger partial charge in [0.1, 0.15) is 55.0 Å². The average Bonchev–Trinajstić information content (AvgIpc) is 3.17. The van der Waals surface area contributed by atoms with Gasteiger partial charge in [-0.15, -0.1) is 0 Å². The van der Waals surface area contributed by atoms with Crippen molar-refractivity contribution in [1.82, 2.24) is 10.6 Å². The maximum absolute atomic E-state index is 13.5. The van der Waals surface area contributed by atoms with E-state index >= 15 is 0 Å². The molecular weight excluding hydrogens is 705 g/mol. The molecule has 9 N–H and O–H groups in total. The van der Waals surface area contributed by atoms with Crippen LogP contribution in [0.1, 0.15) is 70.3 Å². The highest BCUT2D eigenvalue weighted by Gasteiger charge is 2.50. The molecule has 2 aromatic rings. The summed E-state index contributed by atoms with van der Waals surface area (Å²) in [7, 11) is 0. The summed E-state index contributed by atoms with van der Waals surface area (Å²) in [5, 5.41) is 50.6. The molecule has 0 unspecified atom stereocenters. The van der Waals surface area contributed by atoms with Crippen molar-refractivity contribution in [2.75, 3.05) is 25.1 Å². The number of alkyl carbamates (subject to hydrolysis) is 1. The van der Waals surface area contributed by atoms with Crippen LogP contribution in [0, 0.1) is 5.82 Å². The van der Waals surface area contributed by atoms with E-state index in [-0.39, 0.29) is 31.5 Å². The van der Waals surface area contributed by atoms with E-state index in [1.807, 2.05) is 6.07 Å². The molecule has 0 aliphatic carbocycles. The molecule has 2 amide bonds. The summed E-state index contributed by atoms with van der Waals surface area (Å²) in [6.45, 7) is 0.714. The van der Waals surface area contributed by atoms with E-state index < -0.39 is 80.1 Å². The highest BCUT2D eigenvalue weighted by Crippen LogP contribution is 2.29. The first-order chi connectivity index (χ1) is 26.1. The predicted octanol–water partition coefficient (Wildman–Crippen LogP) is 2.45. The molecule has 0 aromatic heterocycles. The third kappa shape index (κ3) is 13.1. The van der Waals surface area contributed by atoms with Crippen LogP contribution in [0.2, 0.25) is 0 Å². The van der Waals surface area contributed by atoms with Gasteiger partial charge in [0.05, 0.1) is 25.9 Å². The third-order valence-corrected chi connectivity index (χ3v) is 9.47. The smallest absolute Gasteiger partial charge is 0.407 e. The Morgan fingerprint density at radius 1 is 0.889 bits per heavy atom. The van der Waals surface area contributed by atoms with E-state index in [2.05, 4.69) is 27.9 Å². The van der Waals surface area contributed by atoms with Crippen LogP contribution in [0.25, 0.3) is 0 Å². The summed E-state index contributed by atoms with van der Waals surface area (Å²) in [5.74, 6) is -0.877. The monoisotopic (exact) mass is 761 g/mol. The molecule has 2 aliphatic rings. The van der Waals surface area contributed by atoms with E-state index in [0.29, 0.717) is 17.7 Å². The van der Waals surface area contributed by atoms with Crippen LogP contribution in [0.15, 0.2) is 59.6 Å². The van der Waals surface area contributed by atoms with Gasteiger partial charge in [-0.25, -0.2) is 14.2 Å². The number of hydrogen-bond donors (Lipinski definition) is 8. The molecule has 0 bridgehead atoms. The number of carbonyl (C=O) groups is 2. The Bertz CT molecular complexity index is 1440. The Hall–Kier alpha value is -3.90. The first-order valence-corrected chi connectivity index (χ1v) is 18.8. The molecule has 2 fully saturated rings. The topological polar surface area (TPSA) is 226 Å². The van der Waals surface area contributed by atoms with Crippen LogP contribution < -0.4 is 21.7 Å². The second-order valence-electron chi connectivity index (χ2n) is 13.6. The van der Waals surface area contributed by atoms with Crippen LogP contribution in [0.4, 0.5) is 14.9 Å². The fourth-order valence-corrected chi connectivity index (χ4v) is 6.48. The molecule has 16 heteroatoms. The van der Waals surface area contributed by atoms with Crippen LogP contribution in [0.5, 0.6) is 0 Å². The van der Waals surface area contributed by atoms with Gasteiger partial charge in [0, 0.05) is 12.1 Å². The molecule has 9 atom stereocenters. The Morgan fingerprint density at radius 3 is 2.22 bits per heavy atom. The van der Waals surface area contributed by atoms with Crippen LogP contribution in [-0.4, -0.2) is 113 Å². The number of nitrogens with two attached hydrogens (primary N) is 1. The van der Waals surface area contributed by atoms with Gasteiger partial charge in [0.25, 0.3) is 0 Å². The number of aliphatic hydroxyl groups is 4. The maximum atomic E-state index is 13.5. The Balaban J connectivity index is 1.56. The lowest BCUT2D eigenvalue weighted by molar-refractivity contribution is -0.293. The number of ether oxygens (including phenoxy) is 4. The number of amides is 2. The minimum atomic E-state index is -1.69. The fraction of sp³-hybridized carbons (Fsp3) is 0.605. The standard InChI is InChI=1S/C38H56FN5O10/c1-2-3-4-5-6-7-8-12-15-30(47)43-31-28(20-45)51-23-27(42-37(40)41-26-18-16-25(39)17-19-26)35(31)54-36-32(34(49)33(48)29(21-46)53-36)44-38(50)52-22-24-13-10-9-11-14-24/h9-11,13-14,16-19,27-29,31-36,45-46,48-49H,2-8,12,15,20-23H2,1H3,(H,43,47)(H,44,50)(H3,40,41,42)/t27-,28+,29+,31-,32+,33+,34+,35+,36-/m0/s1. The quantitative estimate of drug-likeness (QED) is 0.0587. The number of anilines is 1. The molecule has 15 nitrogen and oxygen atoms in total. The van der Waals surface area contributed by atoms with E-state index in [0.717, 1.165) is 25.7 Å². The van der Waals surface area contributed by atoms with Crippen molar-refractivity contribution >= 4 is 23.6 Å². The normalized spacial score (nSPS) is 27.2. The van der Waals surface area contributed by atoms with Gasteiger partial charge in [-0.05, 0) is 36.2 Å². The first kappa shape index (κ1) is 42.8. The average molecular weight is 762 g/mol. The zero-order valence-corrected chi connectivity index (χ0v) is 30.7. The van der Waals surface area contributed by atoms with Gasteiger partial charge in [0.15, 0.2) is 12.2 Å². The zero-order valence-electron chi connectivity index (χ0n) is 30.7. The summed E-state index contributed by atoms with van der Waals surface area (Å²) >= 11 is 0. The van der Waals surface area contributed by atoms with Gasteiger partial charge >= 0.3 is 6.09 Å². The second-order valence-corrected chi connectivity index (χ2v) is 13.6. The minimum Gasteiger partial charge on any atom is -0.445 e. The van der Waals surface area contributed by atoms with Gasteiger partial charge < -0.3 is 61.1 Å². The molecule has 4 rings (SSSR count). The Kier molecular flexibility index (Phi) is 17.8. The number of carbonyl (C=O) groups excluding carboxylic acids is 2. The number of benzene rings is 2. The summed E-state index contributed by atoms with van der Waals surface area (Å²) < 4.78 is 37.2. The molecule has 0 saturated carbocycles. The number of hydrogen-bond acceptors (Lipinski definition) is 11. The largest absolute Gasteiger partial charge is 0.445 e. The van der Waals surface area contributed by atoms with Crippen LogP contribution >= 0.6 is 0 Å². The maximum Gasteiger partial charge on any atom is 0.407 e. The lowest BCUT2D eigenvalue weighted by Crippen LogP contribution is -2.68. The lowest BCUT2D eigenvalue weighted by atomic mass is 9.93. The molecule has 2 aromatic carbocycles.